The minimum Gasteiger partial charge on any atom is -0.463 e. The highest BCUT2D eigenvalue weighted by Gasteiger charge is 2.25. The van der Waals surface area contributed by atoms with Gasteiger partial charge in [0.15, 0.2) is 5.13 Å². The number of aromatic nitrogens is 1. The number of fused-ring (bicyclic) bond motifs is 2. The van der Waals surface area contributed by atoms with Crippen molar-refractivity contribution in [3.8, 4) is 0 Å². The smallest absolute Gasteiger partial charge is 0.267 e. The van der Waals surface area contributed by atoms with Crippen molar-refractivity contribution in [1.29, 1.82) is 0 Å². The number of anilines is 1. The van der Waals surface area contributed by atoms with E-state index in [1.54, 1.807) is 24.3 Å². The first kappa shape index (κ1) is 19.7. The van der Waals surface area contributed by atoms with Gasteiger partial charge in [-0.2, -0.15) is 0 Å². The van der Waals surface area contributed by atoms with Gasteiger partial charge in [-0.3, -0.25) is 14.5 Å². The van der Waals surface area contributed by atoms with Crippen molar-refractivity contribution < 1.29 is 9.21 Å². The summed E-state index contributed by atoms with van der Waals surface area (Å²) in [5.74, 6) is -0.443. The third-order valence-electron chi connectivity index (χ3n) is 4.91. The standard InChI is InChI=1S/C24H15BrN2O3S/c25-16-10-11-19-21(12-16)31-24(26-19)27(13-15-6-2-1-3-7-15)23(29)18-14-30-20-9-5-4-8-17(20)22(18)28/h1-12,14H,13H2. The van der Waals surface area contributed by atoms with E-state index < -0.39 is 5.91 Å². The lowest BCUT2D eigenvalue weighted by atomic mass is 10.1. The Bertz CT molecular complexity index is 1480. The topological polar surface area (TPSA) is 63.4 Å². The van der Waals surface area contributed by atoms with E-state index in [1.807, 2.05) is 48.5 Å². The van der Waals surface area contributed by atoms with Crippen molar-refractivity contribution in [3.05, 3.63) is 105 Å². The Morgan fingerprint density at radius 2 is 1.81 bits per heavy atom. The lowest BCUT2D eigenvalue weighted by molar-refractivity contribution is 0.0982. The number of benzene rings is 3. The monoisotopic (exact) mass is 490 g/mol. The van der Waals surface area contributed by atoms with Gasteiger partial charge in [-0.05, 0) is 35.9 Å². The number of rotatable bonds is 4. The largest absolute Gasteiger partial charge is 0.463 e. The number of hydrogen-bond donors (Lipinski definition) is 0. The SMILES string of the molecule is O=C(c1coc2ccccc2c1=O)N(Cc1ccccc1)c1nc2ccc(Br)cc2s1. The molecule has 0 bridgehead atoms. The van der Waals surface area contributed by atoms with Crippen LogP contribution >= 0.6 is 27.3 Å². The Morgan fingerprint density at radius 3 is 2.65 bits per heavy atom. The summed E-state index contributed by atoms with van der Waals surface area (Å²) in [5, 5.41) is 0.899. The zero-order valence-electron chi connectivity index (χ0n) is 16.1. The molecule has 0 spiro atoms. The highest BCUT2D eigenvalue weighted by molar-refractivity contribution is 9.10. The summed E-state index contributed by atoms with van der Waals surface area (Å²) in [6, 6.07) is 22.3. The number of nitrogens with zero attached hydrogens (tertiary/aromatic N) is 2. The molecule has 0 N–H and O–H groups in total. The van der Waals surface area contributed by atoms with Gasteiger partial charge in [-0.15, -0.1) is 0 Å². The molecule has 2 aromatic heterocycles. The third-order valence-corrected chi connectivity index (χ3v) is 6.44. The van der Waals surface area contributed by atoms with Gasteiger partial charge in [0, 0.05) is 4.47 Å². The average Bonchev–Trinajstić information content (AvgIpc) is 3.21. The molecule has 0 aliphatic heterocycles. The van der Waals surface area contributed by atoms with Crippen LogP contribution in [0.5, 0.6) is 0 Å². The first-order valence-electron chi connectivity index (χ1n) is 9.52. The average molecular weight is 491 g/mol. The van der Waals surface area contributed by atoms with Gasteiger partial charge < -0.3 is 4.42 Å². The molecule has 0 atom stereocenters. The van der Waals surface area contributed by atoms with Gasteiger partial charge in [-0.1, -0.05) is 69.7 Å². The van der Waals surface area contributed by atoms with E-state index in [2.05, 4.69) is 20.9 Å². The molecular weight excluding hydrogens is 476 g/mol. The van der Waals surface area contributed by atoms with Crippen LogP contribution in [0.25, 0.3) is 21.2 Å². The molecule has 2 heterocycles. The first-order chi connectivity index (χ1) is 15.1. The number of halogens is 1. The normalized spacial score (nSPS) is 11.1. The molecule has 0 saturated carbocycles. The molecule has 7 heteroatoms. The predicted molar refractivity (Wildman–Crippen MR) is 127 cm³/mol. The van der Waals surface area contributed by atoms with Crippen LogP contribution in [0.2, 0.25) is 0 Å². The summed E-state index contributed by atoms with van der Waals surface area (Å²) in [6.07, 6.45) is 1.24. The van der Waals surface area contributed by atoms with Gasteiger partial charge in [0.05, 0.1) is 22.1 Å². The fraction of sp³-hybridized carbons (Fsp3) is 0.0417. The minimum absolute atomic E-state index is 0.0185. The van der Waals surface area contributed by atoms with Crippen LogP contribution in [-0.4, -0.2) is 10.9 Å². The van der Waals surface area contributed by atoms with Crippen LogP contribution in [0.15, 0.2) is 92.7 Å². The summed E-state index contributed by atoms with van der Waals surface area (Å²) >= 11 is 4.88. The summed E-state index contributed by atoms with van der Waals surface area (Å²) in [5.41, 5.74) is 1.80. The number of para-hydroxylation sites is 1. The number of carbonyl (C=O) groups is 1. The van der Waals surface area contributed by atoms with Gasteiger partial charge in [0.1, 0.15) is 17.4 Å². The van der Waals surface area contributed by atoms with E-state index in [0.29, 0.717) is 16.1 Å². The van der Waals surface area contributed by atoms with Gasteiger partial charge >= 0.3 is 0 Å². The van der Waals surface area contributed by atoms with Gasteiger partial charge in [0.25, 0.3) is 5.91 Å². The second kappa shape index (κ2) is 8.09. The van der Waals surface area contributed by atoms with Gasteiger partial charge in [-0.25, -0.2) is 4.98 Å². The minimum atomic E-state index is -0.443. The second-order valence-electron chi connectivity index (χ2n) is 6.96. The van der Waals surface area contributed by atoms with Crippen molar-refractivity contribution in [3.63, 3.8) is 0 Å². The molecule has 5 rings (SSSR count). The van der Waals surface area contributed by atoms with Crippen LogP contribution in [-0.2, 0) is 6.54 Å². The van der Waals surface area contributed by atoms with E-state index in [9.17, 15) is 9.59 Å². The molecular formula is C24H15BrN2O3S. The Balaban J connectivity index is 1.63. The quantitative estimate of drug-likeness (QED) is 0.309. The van der Waals surface area contributed by atoms with Crippen LogP contribution in [0.4, 0.5) is 5.13 Å². The maximum absolute atomic E-state index is 13.6. The fourth-order valence-electron chi connectivity index (χ4n) is 3.36. The number of hydrogen-bond acceptors (Lipinski definition) is 5. The molecule has 3 aromatic carbocycles. The summed E-state index contributed by atoms with van der Waals surface area (Å²) in [6.45, 7) is 0.285. The Morgan fingerprint density at radius 1 is 1.03 bits per heavy atom. The van der Waals surface area contributed by atoms with Crippen LogP contribution in [0.3, 0.4) is 0 Å². The number of thiazole rings is 1. The second-order valence-corrected chi connectivity index (χ2v) is 8.88. The summed E-state index contributed by atoms with van der Waals surface area (Å²) in [7, 11) is 0. The Hall–Kier alpha value is -3.29. The molecule has 0 aliphatic carbocycles. The van der Waals surface area contributed by atoms with Crippen LogP contribution < -0.4 is 10.3 Å². The van der Waals surface area contributed by atoms with E-state index >= 15 is 0 Å². The summed E-state index contributed by atoms with van der Waals surface area (Å²) < 4.78 is 7.47. The first-order valence-corrected chi connectivity index (χ1v) is 11.1. The van der Waals surface area contributed by atoms with Crippen molar-refractivity contribution in [2.45, 2.75) is 6.54 Å². The highest BCUT2D eigenvalue weighted by atomic mass is 79.9. The van der Waals surface area contributed by atoms with E-state index in [-0.39, 0.29) is 17.5 Å². The van der Waals surface area contributed by atoms with Crippen molar-refractivity contribution in [2.24, 2.45) is 0 Å². The lowest BCUT2D eigenvalue weighted by Gasteiger charge is -2.19. The molecule has 31 heavy (non-hydrogen) atoms. The van der Waals surface area contributed by atoms with Crippen molar-refractivity contribution in [2.75, 3.05) is 4.90 Å². The van der Waals surface area contributed by atoms with Crippen molar-refractivity contribution in [1.82, 2.24) is 4.98 Å². The zero-order chi connectivity index (χ0) is 21.4. The highest BCUT2D eigenvalue weighted by Crippen LogP contribution is 2.32. The van der Waals surface area contributed by atoms with Crippen LogP contribution in [0.1, 0.15) is 15.9 Å². The summed E-state index contributed by atoms with van der Waals surface area (Å²) in [4.78, 5) is 32.8. The van der Waals surface area contributed by atoms with Gasteiger partial charge in [0.2, 0.25) is 5.43 Å². The van der Waals surface area contributed by atoms with E-state index in [4.69, 9.17) is 4.42 Å². The lowest BCUT2D eigenvalue weighted by Crippen LogP contribution is -2.33. The predicted octanol–water partition coefficient (Wildman–Crippen LogP) is 6.01. The zero-order valence-corrected chi connectivity index (χ0v) is 18.5. The molecule has 1 amide bonds. The molecule has 0 saturated heterocycles. The van der Waals surface area contributed by atoms with E-state index in [1.165, 1.54) is 22.5 Å². The molecule has 0 radical (unpaired) electrons. The number of amides is 1. The van der Waals surface area contributed by atoms with Crippen LogP contribution in [0, 0.1) is 0 Å². The number of carbonyl (C=O) groups excluding carboxylic acids is 1. The third kappa shape index (κ3) is 3.78. The molecule has 0 aliphatic rings. The molecule has 0 unspecified atom stereocenters. The molecule has 5 nitrogen and oxygen atoms in total. The maximum Gasteiger partial charge on any atom is 0.267 e. The molecule has 5 aromatic rings. The molecule has 0 fully saturated rings. The Labute approximate surface area is 189 Å². The van der Waals surface area contributed by atoms with E-state index in [0.717, 1.165) is 20.3 Å². The molecule has 152 valence electrons. The Kier molecular flexibility index (Phi) is 5.13. The van der Waals surface area contributed by atoms with Crippen molar-refractivity contribution >= 4 is 59.5 Å². The maximum atomic E-state index is 13.6. The fourth-order valence-corrected chi connectivity index (χ4v) is 4.88.